The van der Waals surface area contributed by atoms with Crippen LogP contribution in [0.15, 0.2) is 128 Å². The van der Waals surface area contributed by atoms with Crippen LogP contribution in [0, 0.1) is 16.0 Å². The molecule has 10 nitrogen and oxygen atoms in total. The Balaban J connectivity index is 0.00000486. The Morgan fingerprint density at radius 3 is 1.84 bits per heavy atom. The van der Waals surface area contributed by atoms with Crippen LogP contribution in [0.1, 0.15) is 23.5 Å². The number of hydrogen-bond acceptors (Lipinski definition) is 10. The largest absolute Gasteiger partial charge is 1.00 e. The third kappa shape index (κ3) is 7.14. The summed E-state index contributed by atoms with van der Waals surface area (Å²) in [7, 11) is 0. The maximum atomic E-state index is 14.8. The summed E-state index contributed by atoms with van der Waals surface area (Å²) in [5.41, 5.74) is 0.494. The van der Waals surface area contributed by atoms with E-state index >= 15 is 0 Å². The van der Waals surface area contributed by atoms with Crippen molar-refractivity contribution in [3.05, 3.63) is 148 Å². The monoisotopic (exact) mass is 817 g/mol. The number of carbonyl (C=O) groups excluding carboxylic acids is 3. The van der Waals surface area contributed by atoms with Crippen molar-refractivity contribution in [3.8, 4) is 0 Å². The fourth-order valence-electron chi connectivity index (χ4n) is 5.94. The van der Waals surface area contributed by atoms with Crippen molar-refractivity contribution in [1.29, 1.82) is 0 Å². The third-order valence-corrected chi connectivity index (χ3v) is 13.7. The molecule has 3 atom stereocenters. The number of β-lactam (4-membered cyclic amide) rings is 1. The van der Waals surface area contributed by atoms with E-state index in [1.165, 1.54) is 36.1 Å². The van der Waals surface area contributed by atoms with Crippen molar-refractivity contribution in [2.24, 2.45) is 5.92 Å². The van der Waals surface area contributed by atoms with Gasteiger partial charge in [-0.15, -0.1) is 0 Å². The van der Waals surface area contributed by atoms with Crippen LogP contribution in [0.3, 0.4) is 0 Å². The first kappa shape index (κ1) is 37.0. The molecule has 0 bridgehead atoms. The fourth-order valence-corrected chi connectivity index (χ4v) is 11.5. The van der Waals surface area contributed by atoms with Gasteiger partial charge < -0.3 is 27.0 Å². The number of esters is 2. The van der Waals surface area contributed by atoms with Crippen LogP contribution in [-0.4, -0.2) is 42.8 Å². The van der Waals surface area contributed by atoms with E-state index in [0.29, 0.717) is 10.4 Å². The van der Waals surface area contributed by atoms with E-state index < -0.39 is 47.1 Å². The molecule has 1 amide bonds. The molecule has 1 aliphatic rings. The molecule has 50 heavy (non-hydrogen) atoms. The fraction of sp³-hybridized carbons (Fsp3) is 0.139. The summed E-state index contributed by atoms with van der Waals surface area (Å²) >= 11 is 7.14. The van der Waals surface area contributed by atoms with Crippen molar-refractivity contribution in [2.45, 2.75) is 25.0 Å². The van der Waals surface area contributed by atoms with Crippen molar-refractivity contribution >= 4 is 75.9 Å². The molecule has 1 fully saturated rings. The predicted molar refractivity (Wildman–Crippen MR) is 191 cm³/mol. The average molecular weight is 819 g/mol. The molecule has 14 heteroatoms. The van der Waals surface area contributed by atoms with Gasteiger partial charge in [-0.1, -0.05) is 96.4 Å². The van der Waals surface area contributed by atoms with E-state index in [2.05, 4.69) is 4.37 Å². The molecule has 2 heterocycles. The first-order valence-corrected chi connectivity index (χ1v) is 18.2. The summed E-state index contributed by atoms with van der Waals surface area (Å²) in [6.45, 7) is -2.19. The number of ether oxygens (including phenoxy) is 2. The summed E-state index contributed by atoms with van der Waals surface area (Å²) in [6.07, 6.45) is 0.561. The number of likely N-dealkylation sites (tertiary alicyclic amines) is 1. The molecule has 0 radical (unpaired) electrons. The number of non-ortho nitro benzene ring substituents is 1. The second kappa shape index (κ2) is 16.2. The maximum Gasteiger partial charge on any atom is 1.00 e. The van der Waals surface area contributed by atoms with Crippen LogP contribution >= 0.6 is 18.4 Å². The summed E-state index contributed by atoms with van der Waals surface area (Å²) in [4.78, 5) is 54.1. The van der Waals surface area contributed by atoms with Crippen molar-refractivity contribution in [3.63, 3.8) is 0 Å². The van der Waals surface area contributed by atoms with Gasteiger partial charge in [0, 0.05) is 32.1 Å². The molecule has 0 spiro atoms. The van der Waals surface area contributed by atoms with E-state index in [0.717, 1.165) is 27.4 Å². The van der Waals surface area contributed by atoms with Crippen molar-refractivity contribution in [1.82, 2.24) is 9.27 Å². The number of rotatable bonds is 11. The third-order valence-electron chi connectivity index (χ3n) is 8.12. The number of nitro groups is 1. The Morgan fingerprint density at radius 2 is 1.42 bits per heavy atom. The van der Waals surface area contributed by atoms with E-state index in [4.69, 9.17) is 22.1 Å². The van der Waals surface area contributed by atoms with Gasteiger partial charge in [0.25, 0.3) is 5.69 Å². The summed E-state index contributed by atoms with van der Waals surface area (Å²) in [6, 6.07) is 35.8. The Hall–Kier alpha value is -4.29. The SMILES string of the molecule is CC(=O)OC(c1ccns1)C1C(=O)N(C(C(=O)OCc2ccc([N+](=O)[O-])cc2)=P(c2ccccc2)(c2ccccc2)c2ccccc2)C1[S-].[Ag+]. The molecule has 5 aromatic rings. The van der Waals surface area contributed by atoms with Gasteiger partial charge in [0.2, 0.25) is 5.91 Å². The zero-order valence-electron chi connectivity index (χ0n) is 26.3. The van der Waals surface area contributed by atoms with E-state index in [1.807, 2.05) is 91.0 Å². The molecule has 4 aromatic carbocycles. The molecule has 6 rings (SSSR count). The zero-order chi connectivity index (χ0) is 34.5. The van der Waals surface area contributed by atoms with Crippen LogP contribution < -0.4 is 15.9 Å². The Morgan fingerprint density at radius 1 is 0.900 bits per heavy atom. The minimum Gasteiger partial charge on any atom is -0.767 e. The maximum absolute atomic E-state index is 14.8. The first-order chi connectivity index (χ1) is 23.7. The number of hydrogen-bond donors (Lipinski definition) is 0. The van der Waals surface area contributed by atoms with E-state index in [1.54, 1.807) is 12.3 Å². The van der Waals surface area contributed by atoms with Crippen LogP contribution in [-0.2, 0) is 65.5 Å². The molecular formula is C36H29AgN3O7PS2. The summed E-state index contributed by atoms with van der Waals surface area (Å²) in [5.74, 6) is -2.82. The molecule has 0 saturated carbocycles. The number of amides is 1. The summed E-state index contributed by atoms with van der Waals surface area (Å²) < 4.78 is 15.8. The molecule has 1 aliphatic heterocycles. The van der Waals surface area contributed by atoms with Gasteiger partial charge in [-0.25, -0.2) is 9.17 Å². The number of aromatic nitrogens is 1. The van der Waals surface area contributed by atoms with E-state index in [-0.39, 0.29) is 40.1 Å². The first-order valence-electron chi connectivity index (χ1n) is 15.1. The van der Waals surface area contributed by atoms with Crippen molar-refractivity contribution in [2.75, 3.05) is 0 Å². The van der Waals surface area contributed by atoms with Crippen LogP contribution in [0.25, 0.3) is 0 Å². The summed E-state index contributed by atoms with van der Waals surface area (Å²) in [5, 5.41) is 12.6. The Labute approximate surface area is 313 Å². The van der Waals surface area contributed by atoms with Gasteiger partial charge in [-0.2, -0.15) is 0 Å². The zero-order valence-corrected chi connectivity index (χ0v) is 30.3. The molecule has 3 unspecified atom stereocenters. The van der Waals surface area contributed by atoms with Gasteiger partial charge in [0.05, 0.1) is 15.7 Å². The van der Waals surface area contributed by atoms with Gasteiger partial charge in [-0.05, 0) is 51.2 Å². The van der Waals surface area contributed by atoms with Gasteiger partial charge in [0.1, 0.15) is 18.1 Å². The molecule has 0 N–H and O–H groups in total. The molecule has 258 valence electrons. The molecular weight excluding hydrogens is 789 g/mol. The number of carbonyl (C=O) groups is 3. The van der Waals surface area contributed by atoms with Crippen LogP contribution in [0.4, 0.5) is 5.69 Å². The topological polar surface area (TPSA) is 129 Å². The Kier molecular flexibility index (Phi) is 11.9. The standard InChI is InChI=1S/C36H30N3O7PS2.Ag/c1-24(40)46-32(30-21-22-37-49-30)31-33(41)38(35(31)48)34(36(42)45-23-25-17-19-26(20-18-25)39(43)44)47(27-11-5-2-6-12-27,28-13-7-3-8-14-28)29-15-9-4-10-16-29;/h2-22,31-32,35,48H,23H2,1H3;/q;+1/p-1. The number of benzene rings is 4. The van der Waals surface area contributed by atoms with Gasteiger partial charge in [-0.3, -0.25) is 19.7 Å². The molecule has 0 aliphatic carbocycles. The smallest absolute Gasteiger partial charge is 0.767 e. The normalized spacial score (nSPS) is 16.0. The number of nitrogens with zero attached hydrogens (tertiary/aromatic N) is 3. The quantitative estimate of drug-likeness (QED) is 0.0350. The minimum atomic E-state index is -3.23. The second-order valence-electron chi connectivity index (χ2n) is 11.1. The average Bonchev–Trinajstić information content (AvgIpc) is 3.67. The van der Waals surface area contributed by atoms with Gasteiger partial charge in [0.15, 0.2) is 0 Å². The van der Waals surface area contributed by atoms with Gasteiger partial charge >= 0.3 is 34.3 Å². The van der Waals surface area contributed by atoms with Crippen molar-refractivity contribution < 1.29 is 51.2 Å². The Bertz CT molecular complexity index is 1930. The molecule has 1 aromatic heterocycles. The van der Waals surface area contributed by atoms with E-state index in [9.17, 15) is 24.5 Å². The molecule has 1 saturated heterocycles. The second-order valence-corrected chi connectivity index (χ2v) is 15.7. The predicted octanol–water partition coefficient (Wildman–Crippen LogP) is 4.85. The minimum absolute atomic E-state index is 0. The van der Waals surface area contributed by atoms with Crippen LogP contribution in [0.2, 0.25) is 0 Å². The number of nitro benzene ring substituents is 1. The van der Waals surface area contributed by atoms with Crippen LogP contribution in [0.5, 0.6) is 0 Å².